The van der Waals surface area contributed by atoms with Gasteiger partial charge in [-0.05, 0) is 31.9 Å². The van der Waals surface area contributed by atoms with Gasteiger partial charge in [-0.2, -0.15) is 0 Å². The van der Waals surface area contributed by atoms with Crippen molar-refractivity contribution in [2.45, 2.75) is 44.8 Å². The van der Waals surface area contributed by atoms with Crippen LogP contribution in [0.1, 0.15) is 33.1 Å². The summed E-state index contributed by atoms with van der Waals surface area (Å²) in [7, 11) is 0. The third kappa shape index (κ3) is 4.39. The summed E-state index contributed by atoms with van der Waals surface area (Å²) in [4.78, 5) is 15.0. The highest BCUT2D eigenvalue weighted by Gasteiger charge is 2.13. The Kier molecular flexibility index (Phi) is 5.92. The lowest BCUT2D eigenvalue weighted by Gasteiger charge is -2.08. The molecule has 0 saturated carbocycles. The molecule has 21 heavy (non-hydrogen) atoms. The van der Waals surface area contributed by atoms with Crippen LogP contribution in [0.3, 0.4) is 0 Å². The predicted molar refractivity (Wildman–Crippen MR) is 84.2 cm³/mol. The summed E-state index contributed by atoms with van der Waals surface area (Å²) in [5.41, 5.74) is 1.03. The fraction of sp³-hybridized carbons (Fsp3) is 0.467. The Balaban J connectivity index is 2.11. The van der Waals surface area contributed by atoms with E-state index in [1.54, 1.807) is 31.1 Å². The molecule has 0 bridgehead atoms. The van der Waals surface area contributed by atoms with Gasteiger partial charge in [-0.1, -0.05) is 18.7 Å². The Morgan fingerprint density at radius 3 is 2.71 bits per heavy atom. The Hall–Kier alpha value is -1.69. The van der Waals surface area contributed by atoms with Crippen molar-refractivity contribution in [3.05, 3.63) is 24.5 Å². The maximum atomic E-state index is 11.0. The lowest BCUT2D eigenvalue weighted by Crippen LogP contribution is -2.02. The maximum absolute atomic E-state index is 11.0. The molecule has 0 fully saturated rings. The van der Waals surface area contributed by atoms with Crippen LogP contribution in [0.25, 0.3) is 11.4 Å². The van der Waals surface area contributed by atoms with E-state index in [-0.39, 0.29) is 5.78 Å². The average Bonchev–Trinajstić information content (AvgIpc) is 2.88. The number of Topliss-reactive ketones (excluding diaryl/α,β-unsaturated/α-hetero) is 1. The van der Waals surface area contributed by atoms with E-state index in [9.17, 15) is 4.79 Å². The van der Waals surface area contributed by atoms with Gasteiger partial charge in [0.05, 0.1) is 0 Å². The van der Waals surface area contributed by atoms with Crippen molar-refractivity contribution in [2.24, 2.45) is 0 Å². The third-order valence-corrected chi connectivity index (χ3v) is 4.06. The van der Waals surface area contributed by atoms with Crippen LogP contribution in [0.2, 0.25) is 0 Å². The largest absolute Gasteiger partial charge is 0.302 e. The first-order chi connectivity index (χ1) is 10.2. The Morgan fingerprint density at radius 2 is 2.05 bits per heavy atom. The highest BCUT2D eigenvalue weighted by Crippen LogP contribution is 2.24. The molecule has 0 spiro atoms. The molecule has 5 nitrogen and oxygen atoms in total. The van der Waals surface area contributed by atoms with Crippen molar-refractivity contribution in [3.8, 4) is 11.4 Å². The van der Waals surface area contributed by atoms with E-state index >= 15 is 0 Å². The predicted octanol–water partition coefficient (Wildman–Crippen LogP) is 3.21. The van der Waals surface area contributed by atoms with Crippen LogP contribution in [0.5, 0.6) is 0 Å². The van der Waals surface area contributed by atoms with Gasteiger partial charge in [0.2, 0.25) is 0 Å². The number of thioether (sulfide) groups is 1. The third-order valence-electron chi connectivity index (χ3n) is 3.01. The van der Waals surface area contributed by atoms with Crippen molar-refractivity contribution >= 4 is 17.5 Å². The van der Waals surface area contributed by atoms with E-state index < -0.39 is 0 Å². The number of nitrogens with zero attached hydrogens (tertiary/aromatic N) is 4. The van der Waals surface area contributed by atoms with Crippen LogP contribution in [0.15, 0.2) is 29.7 Å². The van der Waals surface area contributed by atoms with E-state index in [2.05, 4.69) is 26.7 Å². The van der Waals surface area contributed by atoms with Gasteiger partial charge >= 0.3 is 0 Å². The summed E-state index contributed by atoms with van der Waals surface area (Å²) in [6, 6.07) is 3.89. The maximum Gasteiger partial charge on any atom is 0.191 e. The second kappa shape index (κ2) is 7.93. The van der Waals surface area contributed by atoms with Gasteiger partial charge in [0, 0.05) is 36.7 Å². The van der Waals surface area contributed by atoms with Crippen LogP contribution in [0.4, 0.5) is 0 Å². The summed E-state index contributed by atoms with van der Waals surface area (Å²) in [6.45, 7) is 4.66. The Bertz CT molecular complexity index is 583. The van der Waals surface area contributed by atoms with Gasteiger partial charge in [0.15, 0.2) is 11.0 Å². The second-order valence-electron chi connectivity index (χ2n) is 4.85. The van der Waals surface area contributed by atoms with Crippen molar-refractivity contribution in [1.82, 2.24) is 19.7 Å². The first kappa shape index (κ1) is 15.7. The number of carbonyl (C=O) groups is 1. The second-order valence-corrected chi connectivity index (χ2v) is 5.91. The van der Waals surface area contributed by atoms with Crippen LogP contribution in [-0.4, -0.2) is 31.3 Å². The zero-order valence-electron chi connectivity index (χ0n) is 12.5. The summed E-state index contributed by atoms with van der Waals surface area (Å²) >= 11 is 1.67. The van der Waals surface area contributed by atoms with E-state index in [0.29, 0.717) is 6.42 Å². The molecule has 0 aliphatic carbocycles. The van der Waals surface area contributed by atoms with Gasteiger partial charge in [0.25, 0.3) is 0 Å². The van der Waals surface area contributed by atoms with Crippen molar-refractivity contribution in [2.75, 3.05) is 5.75 Å². The molecule has 0 atom stereocenters. The van der Waals surface area contributed by atoms with Gasteiger partial charge < -0.3 is 9.36 Å². The quantitative estimate of drug-likeness (QED) is 0.553. The zero-order valence-corrected chi connectivity index (χ0v) is 13.3. The molecule has 0 N–H and O–H groups in total. The average molecular weight is 304 g/mol. The minimum absolute atomic E-state index is 0.239. The minimum atomic E-state index is 0.239. The molecule has 6 heteroatoms. The first-order valence-electron chi connectivity index (χ1n) is 7.18. The molecule has 2 rings (SSSR count). The van der Waals surface area contributed by atoms with E-state index in [1.165, 1.54) is 0 Å². The van der Waals surface area contributed by atoms with Gasteiger partial charge in [-0.15, -0.1) is 10.2 Å². The monoisotopic (exact) mass is 304 g/mol. The SMILES string of the molecule is CCCn1c(SCCCC(C)=O)nnc1-c1ccncc1. The molecular formula is C15H20N4OS. The molecule has 0 aliphatic heterocycles. The first-order valence-corrected chi connectivity index (χ1v) is 8.16. The summed E-state index contributed by atoms with van der Waals surface area (Å²) in [5.74, 6) is 2.01. The van der Waals surface area contributed by atoms with Crippen molar-refractivity contribution in [3.63, 3.8) is 0 Å². The number of aromatic nitrogens is 4. The topological polar surface area (TPSA) is 60.7 Å². The number of carbonyl (C=O) groups excluding carboxylic acids is 1. The Labute approximate surface area is 129 Å². The van der Waals surface area contributed by atoms with Crippen LogP contribution in [0, 0.1) is 0 Å². The van der Waals surface area contributed by atoms with E-state index in [0.717, 1.165) is 41.7 Å². The number of ketones is 1. The summed E-state index contributed by atoms with van der Waals surface area (Å²) < 4.78 is 2.15. The number of rotatable bonds is 8. The minimum Gasteiger partial charge on any atom is -0.302 e. The van der Waals surface area contributed by atoms with E-state index in [4.69, 9.17) is 0 Å². The van der Waals surface area contributed by atoms with E-state index in [1.807, 2.05) is 12.1 Å². The molecule has 0 unspecified atom stereocenters. The summed E-state index contributed by atoms with van der Waals surface area (Å²) in [6.07, 6.45) is 6.06. The standard InChI is InChI=1S/C15H20N4OS/c1-3-10-19-14(13-6-8-16-9-7-13)17-18-15(19)21-11-4-5-12(2)20/h6-9H,3-5,10-11H2,1-2H3. The molecule has 2 heterocycles. The highest BCUT2D eigenvalue weighted by atomic mass is 32.2. The normalized spacial score (nSPS) is 10.8. The molecule has 0 aromatic carbocycles. The van der Waals surface area contributed by atoms with Gasteiger partial charge in [-0.25, -0.2) is 0 Å². The fourth-order valence-corrected chi connectivity index (χ4v) is 2.92. The molecular weight excluding hydrogens is 284 g/mol. The molecule has 112 valence electrons. The Morgan fingerprint density at radius 1 is 1.29 bits per heavy atom. The number of hydrogen-bond donors (Lipinski definition) is 0. The van der Waals surface area contributed by atoms with Crippen LogP contribution in [-0.2, 0) is 11.3 Å². The molecule has 2 aromatic heterocycles. The number of hydrogen-bond acceptors (Lipinski definition) is 5. The van der Waals surface area contributed by atoms with Crippen LogP contribution < -0.4 is 0 Å². The summed E-state index contributed by atoms with van der Waals surface area (Å²) in [5, 5.41) is 9.54. The van der Waals surface area contributed by atoms with Crippen molar-refractivity contribution in [1.29, 1.82) is 0 Å². The van der Waals surface area contributed by atoms with Crippen molar-refractivity contribution < 1.29 is 4.79 Å². The highest BCUT2D eigenvalue weighted by molar-refractivity contribution is 7.99. The molecule has 0 saturated heterocycles. The molecule has 0 radical (unpaired) electrons. The molecule has 0 amide bonds. The van der Waals surface area contributed by atoms with Gasteiger partial charge in [0.1, 0.15) is 5.78 Å². The molecule has 2 aromatic rings. The fourth-order valence-electron chi connectivity index (χ4n) is 2.02. The zero-order chi connectivity index (χ0) is 15.1. The smallest absolute Gasteiger partial charge is 0.191 e. The molecule has 0 aliphatic rings. The lowest BCUT2D eigenvalue weighted by molar-refractivity contribution is -0.117. The number of pyridine rings is 1. The lowest BCUT2D eigenvalue weighted by atomic mass is 10.2. The van der Waals surface area contributed by atoms with Gasteiger partial charge in [-0.3, -0.25) is 4.98 Å². The van der Waals surface area contributed by atoms with Crippen LogP contribution >= 0.6 is 11.8 Å².